The lowest BCUT2D eigenvalue weighted by molar-refractivity contribution is 1.02. The fourth-order valence-corrected chi connectivity index (χ4v) is 2.18. The normalized spacial score (nSPS) is 14.2. The van der Waals surface area contributed by atoms with Crippen molar-refractivity contribution in [2.75, 3.05) is 10.6 Å². The lowest BCUT2D eigenvalue weighted by Gasteiger charge is -2.11. The number of nitrogens with one attached hydrogen (secondary N) is 2. The molecule has 1 aromatic heterocycles. The number of nitrogens with zero attached hydrogens (tertiary/aromatic N) is 2. The van der Waals surface area contributed by atoms with E-state index in [1.165, 1.54) is 12.8 Å². The Balaban J connectivity index is 1.85. The molecule has 0 amide bonds. The molecule has 2 aromatic rings. The van der Waals surface area contributed by atoms with E-state index < -0.39 is 0 Å². The van der Waals surface area contributed by atoms with Crippen LogP contribution in [-0.2, 0) is 0 Å². The van der Waals surface area contributed by atoms with Gasteiger partial charge in [0.15, 0.2) is 0 Å². The molecule has 0 aliphatic heterocycles. The summed E-state index contributed by atoms with van der Waals surface area (Å²) in [4.78, 5) is 8.83. The highest BCUT2D eigenvalue weighted by Crippen LogP contribution is 2.27. The van der Waals surface area contributed by atoms with Crippen LogP contribution in [-0.4, -0.2) is 16.0 Å². The van der Waals surface area contributed by atoms with Crippen molar-refractivity contribution in [2.45, 2.75) is 32.7 Å². The number of benzene rings is 1. The van der Waals surface area contributed by atoms with E-state index in [0.717, 1.165) is 28.7 Å². The maximum atomic E-state index is 6.04. The first-order valence-corrected chi connectivity index (χ1v) is 7.13. The average Bonchev–Trinajstić information content (AvgIpc) is 3.17. The zero-order chi connectivity index (χ0) is 14.1. The Morgan fingerprint density at radius 3 is 2.60 bits per heavy atom. The Labute approximate surface area is 123 Å². The monoisotopic (exact) mass is 288 g/mol. The Kier molecular flexibility index (Phi) is 3.49. The number of rotatable bonds is 4. The summed E-state index contributed by atoms with van der Waals surface area (Å²) >= 11 is 6.04. The first kappa shape index (κ1) is 13.2. The molecule has 5 heteroatoms. The molecule has 0 bridgehead atoms. The summed E-state index contributed by atoms with van der Waals surface area (Å²) in [6.07, 6.45) is 2.44. The molecule has 0 radical (unpaired) electrons. The van der Waals surface area contributed by atoms with E-state index >= 15 is 0 Å². The van der Waals surface area contributed by atoms with E-state index in [4.69, 9.17) is 11.6 Å². The molecule has 0 saturated heterocycles. The van der Waals surface area contributed by atoms with Crippen molar-refractivity contribution in [2.24, 2.45) is 0 Å². The van der Waals surface area contributed by atoms with E-state index in [1.807, 2.05) is 38.1 Å². The molecule has 1 fully saturated rings. The van der Waals surface area contributed by atoms with Gasteiger partial charge in [-0.25, -0.2) is 9.97 Å². The molecule has 1 heterocycles. The zero-order valence-corrected chi connectivity index (χ0v) is 12.3. The van der Waals surface area contributed by atoms with Gasteiger partial charge in [-0.15, -0.1) is 0 Å². The molecule has 1 saturated carbocycles. The molecule has 3 rings (SSSR count). The van der Waals surface area contributed by atoms with Gasteiger partial charge in [-0.2, -0.15) is 0 Å². The summed E-state index contributed by atoms with van der Waals surface area (Å²) in [7, 11) is 0. The Morgan fingerprint density at radius 2 is 1.85 bits per heavy atom. The Morgan fingerprint density at radius 1 is 1.10 bits per heavy atom. The van der Waals surface area contributed by atoms with Crippen LogP contribution in [0.15, 0.2) is 24.3 Å². The van der Waals surface area contributed by atoms with Crippen LogP contribution >= 0.6 is 11.6 Å². The Hall–Kier alpha value is -1.81. The molecule has 20 heavy (non-hydrogen) atoms. The van der Waals surface area contributed by atoms with Crippen LogP contribution in [0, 0.1) is 13.8 Å². The third-order valence-corrected chi connectivity index (χ3v) is 3.46. The van der Waals surface area contributed by atoms with Crippen molar-refractivity contribution in [3.05, 3.63) is 40.7 Å². The molecular weight excluding hydrogens is 272 g/mol. The number of aromatic nitrogens is 2. The molecular formula is C15H17ClN4. The van der Waals surface area contributed by atoms with Crippen LogP contribution in [0.2, 0.25) is 5.02 Å². The van der Waals surface area contributed by atoms with Crippen molar-refractivity contribution in [1.29, 1.82) is 0 Å². The van der Waals surface area contributed by atoms with Gasteiger partial charge in [-0.3, -0.25) is 0 Å². The highest BCUT2D eigenvalue weighted by atomic mass is 35.5. The van der Waals surface area contributed by atoms with Crippen LogP contribution in [0.25, 0.3) is 0 Å². The summed E-state index contributed by atoms with van der Waals surface area (Å²) < 4.78 is 0. The summed E-state index contributed by atoms with van der Waals surface area (Å²) in [5, 5.41) is 7.41. The van der Waals surface area contributed by atoms with E-state index in [1.54, 1.807) is 0 Å². The molecule has 1 aliphatic carbocycles. The minimum atomic E-state index is 0.574. The Bertz CT molecular complexity index is 638. The number of halogens is 1. The number of hydrogen-bond donors (Lipinski definition) is 2. The second-order valence-electron chi connectivity index (χ2n) is 5.19. The molecule has 0 unspecified atom stereocenters. The van der Waals surface area contributed by atoms with Crippen LogP contribution in [0.5, 0.6) is 0 Å². The van der Waals surface area contributed by atoms with Gasteiger partial charge in [-0.05, 0) is 44.4 Å². The SMILES string of the molecule is Cc1nc(Nc2cc(Cl)ccc2C)cc(NC2CC2)n1. The first-order chi connectivity index (χ1) is 9.60. The summed E-state index contributed by atoms with van der Waals surface area (Å²) in [5.41, 5.74) is 2.09. The maximum absolute atomic E-state index is 6.04. The molecule has 1 aromatic carbocycles. The van der Waals surface area contributed by atoms with Gasteiger partial charge < -0.3 is 10.6 Å². The number of anilines is 3. The zero-order valence-electron chi connectivity index (χ0n) is 11.6. The van der Waals surface area contributed by atoms with E-state index in [0.29, 0.717) is 11.1 Å². The lowest BCUT2D eigenvalue weighted by atomic mass is 10.2. The van der Waals surface area contributed by atoms with E-state index in [9.17, 15) is 0 Å². The standard InChI is InChI=1S/C15H17ClN4/c1-9-3-4-11(16)7-13(9)20-15-8-14(17-10(2)18-15)19-12-5-6-12/h3-4,7-8,12H,5-6H2,1-2H3,(H2,17,18,19,20). The second kappa shape index (κ2) is 5.29. The summed E-state index contributed by atoms with van der Waals surface area (Å²) in [6.45, 7) is 3.93. The predicted molar refractivity (Wildman–Crippen MR) is 82.9 cm³/mol. The highest BCUT2D eigenvalue weighted by molar-refractivity contribution is 6.30. The number of aryl methyl sites for hydroxylation is 2. The summed E-state index contributed by atoms with van der Waals surface area (Å²) in [5.74, 6) is 2.41. The smallest absolute Gasteiger partial charge is 0.136 e. The summed E-state index contributed by atoms with van der Waals surface area (Å²) in [6, 6.07) is 8.29. The molecule has 2 N–H and O–H groups in total. The van der Waals surface area contributed by atoms with Gasteiger partial charge in [0, 0.05) is 22.8 Å². The lowest BCUT2D eigenvalue weighted by Crippen LogP contribution is -2.06. The quantitative estimate of drug-likeness (QED) is 0.890. The molecule has 1 aliphatic rings. The molecule has 0 atom stereocenters. The van der Waals surface area contributed by atoms with Gasteiger partial charge in [0.1, 0.15) is 17.5 Å². The van der Waals surface area contributed by atoms with Gasteiger partial charge in [0.05, 0.1) is 0 Å². The van der Waals surface area contributed by atoms with Crippen LogP contribution in [0.4, 0.5) is 17.3 Å². The first-order valence-electron chi connectivity index (χ1n) is 6.75. The number of hydrogen-bond acceptors (Lipinski definition) is 4. The van der Waals surface area contributed by atoms with Gasteiger partial charge in [0.2, 0.25) is 0 Å². The predicted octanol–water partition coefficient (Wildman–Crippen LogP) is 4.06. The van der Waals surface area contributed by atoms with Crippen LogP contribution in [0.1, 0.15) is 24.2 Å². The van der Waals surface area contributed by atoms with Crippen molar-refractivity contribution in [3.8, 4) is 0 Å². The molecule has 4 nitrogen and oxygen atoms in total. The van der Waals surface area contributed by atoms with Gasteiger partial charge in [-0.1, -0.05) is 17.7 Å². The highest BCUT2D eigenvalue weighted by Gasteiger charge is 2.21. The van der Waals surface area contributed by atoms with Crippen molar-refractivity contribution in [3.63, 3.8) is 0 Å². The second-order valence-corrected chi connectivity index (χ2v) is 5.62. The van der Waals surface area contributed by atoms with Crippen molar-refractivity contribution < 1.29 is 0 Å². The minimum absolute atomic E-state index is 0.574. The maximum Gasteiger partial charge on any atom is 0.136 e. The van der Waals surface area contributed by atoms with Crippen LogP contribution < -0.4 is 10.6 Å². The topological polar surface area (TPSA) is 49.8 Å². The van der Waals surface area contributed by atoms with Crippen molar-refractivity contribution in [1.82, 2.24) is 9.97 Å². The fraction of sp³-hybridized carbons (Fsp3) is 0.333. The third-order valence-electron chi connectivity index (χ3n) is 3.23. The fourth-order valence-electron chi connectivity index (χ4n) is 2.01. The average molecular weight is 289 g/mol. The molecule has 0 spiro atoms. The minimum Gasteiger partial charge on any atom is -0.367 e. The van der Waals surface area contributed by atoms with Crippen LogP contribution in [0.3, 0.4) is 0 Å². The van der Waals surface area contributed by atoms with Gasteiger partial charge >= 0.3 is 0 Å². The van der Waals surface area contributed by atoms with E-state index in [2.05, 4.69) is 20.6 Å². The largest absolute Gasteiger partial charge is 0.367 e. The third kappa shape index (κ3) is 3.20. The van der Waals surface area contributed by atoms with Crippen molar-refractivity contribution >= 4 is 28.9 Å². The van der Waals surface area contributed by atoms with Gasteiger partial charge in [0.25, 0.3) is 0 Å². The molecule has 104 valence electrons. The van der Waals surface area contributed by atoms with E-state index in [-0.39, 0.29) is 0 Å².